The van der Waals surface area contributed by atoms with E-state index < -0.39 is 10.0 Å². The minimum Gasteiger partial charge on any atom is -0.325 e. The molecule has 2 aromatic rings. The minimum absolute atomic E-state index is 0.253. The van der Waals surface area contributed by atoms with Crippen LogP contribution in [-0.4, -0.2) is 27.1 Å². The SMILES string of the molecule is CCc1cccc(CC)c1N(CC(=O)Nc1ccc(C)cc1)S(C)(=O)=O. The first kappa shape index (κ1) is 20.0. The van der Waals surface area contributed by atoms with E-state index in [0.29, 0.717) is 24.2 Å². The Bertz CT molecular complexity index is 852. The van der Waals surface area contributed by atoms with Crippen molar-refractivity contribution < 1.29 is 13.2 Å². The Balaban J connectivity index is 2.35. The lowest BCUT2D eigenvalue weighted by Crippen LogP contribution is -2.38. The van der Waals surface area contributed by atoms with Gasteiger partial charge in [-0.25, -0.2) is 8.42 Å². The molecule has 0 saturated heterocycles. The summed E-state index contributed by atoms with van der Waals surface area (Å²) in [6.45, 7) is 5.66. The molecule has 0 atom stereocenters. The molecule has 0 heterocycles. The summed E-state index contributed by atoms with van der Waals surface area (Å²) in [5.41, 5.74) is 4.19. The molecule has 0 radical (unpaired) electrons. The molecule has 0 unspecified atom stereocenters. The Morgan fingerprint density at radius 1 is 1.00 bits per heavy atom. The molecule has 0 aliphatic heterocycles. The Kier molecular flexibility index (Phi) is 6.42. The first-order valence-electron chi connectivity index (χ1n) is 8.71. The van der Waals surface area contributed by atoms with Gasteiger partial charge in [-0.05, 0) is 43.0 Å². The molecule has 6 heteroatoms. The first-order chi connectivity index (χ1) is 12.3. The molecule has 0 aliphatic rings. The number of anilines is 2. The van der Waals surface area contributed by atoms with E-state index in [1.165, 1.54) is 4.31 Å². The van der Waals surface area contributed by atoms with Crippen molar-refractivity contribution in [2.45, 2.75) is 33.6 Å². The highest BCUT2D eigenvalue weighted by Gasteiger charge is 2.25. The Labute approximate surface area is 156 Å². The predicted molar refractivity (Wildman–Crippen MR) is 107 cm³/mol. The van der Waals surface area contributed by atoms with Crippen LogP contribution in [0.25, 0.3) is 0 Å². The maximum Gasteiger partial charge on any atom is 0.245 e. The molecular formula is C20H26N2O3S. The summed E-state index contributed by atoms with van der Waals surface area (Å²) < 4.78 is 26.1. The molecule has 5 nitrogen and oxygen atoms in total. The van der Waals surface area contributed by atoms with Crippen molar-refractivity contribution in [1.82, 2.24) is 0 Å². The van der Waals surface area contributed by atoms with E-state index >= 15 is 0 Å². The van der Waals surface area contributed by atoms with E-state index in [9.17, 15) is 13.2 Å². The minimum atomic E-state index is -3.60. The molecule has 2 rings (SSSR count). The molecule has 0 saturated carbocycles. The van der Waals surface area contributed by atoms with Crippen LogP contribution in [0.4, 0.5) is 11.4 Å². The van der Waals surface area contributed by atoms with E-state index in [0.717, 1.165) is 22.9 Å². The van der Waals surface area contributed by atoms with Crippen LogP contribution in [0.5, 0.6) is 0 Å². The number of carbonyl (C=O) groups is 1. The highest BCUT2D eigenvalue weighted by Crippen LogP contribution is 2.29. The number of hydrogen-bond donors (Lipinski definition) is 1. The molecule has 0 fully saturated rings. The molecule has 1 N–H and O–H groups in total. The zero-order chi connectivity index (χ0) is 19.3. The molecule has 0 bridgehead atoms. The summed E-state index contributed by atoms with van der Waals surface area (Å²) in [6, 6.07) is 13.1. The normalized spacial score (nSPS) is 11.2. The highest BCUT2D eigenvalue weighted by molar-refractivity contribution is 7.92. The lowest BCUT2D eigenvalue weighted by atomic mass is 10.0. The quantitative estimate of drug-likeness (QED) is 0.806. The molecule has 26 heavy (non-hydrogen) atoms. The summed E-state index contributed by atoms with van der Waals surface area (Å²) in [5, 5.41) is 2.77. The number of carbonyl (C=O) groups excluding carboxylic acids is 1. The second kappa shape index (κ2) is 8.36. The zero-order valence-corrected chi connectivity index (χ0v) is 16.6. The van der Waals surface area contributed by atoms with Gasteiger partial charge in [0.15, 0.2) is 0 Å². The van der Waals surface area contributed by atoms with Gasteiger partial charge in [-0.2, -0.15) is 0 Å². The highest BCUT2D eigenvalue weighted by atomic mass is 32.2. The van der Waals surface area contributed by atoms with Gasteiger partial charge >= 0.3 is 0 Å². The van der Waals surface area contributed by atoms with Crippen molar-refractivity contribution in [2.75, 3.05) is 22.4 Å². The number of benzene rings is 2. The van der Waals surface area contributed by atoms with Gasteiger partial charge in [0.2, 0.25) is 15.9 Å². The van der Waals surface area contributed by atoms with Gasteiger partial charge in [0.1, 0.15) is 6.54 Å². The average Bonchev–Trinajstić information content (AvgIpc) is 2.60. The van der Waals surface area contributed by atoms with Crippen molar-refractivity contribution in [3.63, 3.8) is 0 Å². The van der Waals surface area contributed by atoms with Gasteiger partial charge in [0.05, 0.1) is 11.9 Å². The molecule has 0 aromatic heterocycles. The van der Waals surface area contributed by atoms with E-state index in [4.69, 9.17) is 0 Å². The number of sulfonamides is 1. The Hall–Kier alpha value is -2.34. The standard InChI is InChI=1S/C20H26N2O3S/c1-5-16-8-7-9-17(6-2)20(16)22(26(4,24)25)14-19(23)21-18-12-10-15(3)11-13-18/h7-13H,5-6,14H2,1-4H3,(H,21,23). The van der Waals surface area contributed by atoms with Crippen LogP contribution in [0.3, 0.4) is 0 Å². The average molecular weight is 375 g/mol. The van der Waals surface area contributed by atoms with Crippen LogP contribution in [0, 0.1) is 6.92 Å². The van der Waals surface area contributed by atoms with Crippen LogP contribution >= 0.6 is 0 Å². The van der Waals surface area contributed by atoms with E-state index in [-0.39, 0.29) is 12.5 Å². The molecule has 2 aromatic carbocycles. The Morgan fingerprint density at radius 2 is 1.54 bits per heavy atom. The lowest BCUT2D eigenvalue weighted by Gasteiger charge is -2.26. The fourth-order valence-corrected chi connectivity index (χ4v) is 3.78. The number of hydrogen-bond acceptors (Lipinski definition) is 3. The van der Waals surface area contributed by atoms with Crippen molar-refractivity contribution in [3.8, 4) is 0 Å². The first-order valence-corrected chi connectivity index (χ1v) is 10.6. The van der Waals surface area contributed by atoms with Crippen molar-refractivity contribution in [3.05, 3.63) is 59.2 Å². The fourth-order valence-electron chi connectivity index (χ4n) is 2.87. The third-order valence-corrected chi connectivity index (χ3v) is 5.35. The molecule has 0 aliphatic carbocycles. The van der Waals surface area contributed by atoms with Crippen LogP contribution in [-0.2, 0) is 27.7 Å². The van der Waals surface area contributed by atoms with E-state index in [1.54, 1.807) is 12.1 Å². The van der Waals surface area contributed by atoms with Gasteiger partial charge in [-0.1, -0.05) is 49.7 Å². The summed E-state index contributed by atoms with van der Waals surface area (Å²) in [4.78, 5) is 12.5. The van der Waals surface area contributed by atoms with Crippen molar-refractivity contribution in [2.24, 2.45) is 0 Å². The van der Waals surface area contributed by atoms with Gasteiger partial charge in [-0.15, -0.1) is 0 Å². The van der Waals surface area contributed by atoms with Crippen LogP contribution in [0.2, 0.25) is 0 Å². The predicted octanol–water partition coefficient (Wildman–Crippen LogP) is 3.52. The third-order valence-electron chi connectivity index (χ3n) is 4.24. The summed E-state index contributed by atoms with van der Waals surface area (Å²) in [5.74, 6) is -0.368. The monoisotopic (exact) mass is 374 g/mol. The second-order valence-corrected chi connectivity index (χ2v) is 8.22. The molecular weight excluding hydrogens is 348 g/mol. The number of aryl methyl sites for hydroxylation is 3. The second-order valence-electron chi connectivity index (χ2n) is 6.32. The van der Waals surface area contributed by atoms with Gasteiger partial charge in [0.25, 0.3) is 0 Å². The third kappa shape index (κ3) is 4.85. The fraction of sp³-hybridized carbons (Fsp3) is 0.350. The maximum atomic E-state index is 12.5. The molecule has 140 valence electrons. The summed E-state index contributed by atoms with van der Waals surface area (Å²) in [6.07, 6.45) is 2.52. The van der Waals surface area contributed by atoms with Crippen molar-refractivity contribution in [1.29, 1.82) is 0 Å². The van der Waals surface area contributed by atoms with Crippen LogP contribution in [0.1, 0.15) is 30.5 Å². The van der Waals surface area contributed by atoms with Crippen molar-refractivity contribution >= 4 is 27.3 Å². The Morgan fingerprint density at radius 3 is 2.00 bits per heavy atom. The zero-order valence-electron chi connectivity index (χ0n) is 15.7. The lowest BCUT2D eigenvalue weighted by molar-refractivity contribution is -0.114. The van der Waals surface area contributed by atoms with E-state index in [2.05, 4.69) is 5.32 Å². The topological polar surface area (TPSA) is 66.5 Å². The number of nitrogens with zero attached hydrogens (tertiary/aromatic N) is 1. The van der Waals surface area contributed by atoms with Gasteiger partial charge in [-0.3, -0.25) is 9.10 Å². The number of amides is 1. The number of para-hydroxylation sites is 1. The maximum absolute atomic E-state index is 12.5. The largest absolute Gasteiger partial charge is 0.325 e. The van der Waals surface area contributed by atoms with E-state index in [1.807, 2.05) is 51.1 Å². The summed E-state index contributed by atoms with van der Waals surface area (Å²) >= 11 is 0. The number of nitrogens with one attached hydrogen (secondary N) is 1. The molecule has 0 spiro atoms. The van der Waals surface area contributed by atoms with Crippen LogP contribution < -0.4 is 9.62 Å². The number of rotatable bonds is 7. The smallest absolute Gasteiger partial charge is 0.245 e. The molecule has 1 amide bonds. The van der Waals surface area contributed by atoms with Crippen LogP contribution in [0.15, 0.2) is 42.5 Å². The summed E-state index contributed by atoms with van der Waals surface area (Å²) in [7, 11) is -3.60. The van der Waals surface area contributed by atoms with Gasteiger partial charge < -0.3 is 5.32 Å². The van der Waals surface area contributed by atoms with Gasteiger partial charge in [0, 0.05) is 5.69 Å².